The first-order valence-corrected chi connectivity index (χ1v) is 7.95. The van der Waals surface area contributed by atoms with Gasteiger partial charge in [-0.15, -0.1) is 0 Å². The number of nitrogens with zero attached hydrogens (tertiary/aromatic N) is 1. The zero-order valence-electron chi connectivity index (χ0n) is 11.8. The van der Waals surface area contributed by atoms with Gasteiger partial charge in [-0.2, -0.15) is 0 Å². The number of hydrogen-bond acceptors (Lipinski definition) is 2. The van der Waals surface area contributed by atoms with Gasteiger partial charge in [0.1, 0.15) is 0 Å². The SMILES string of the molecule is CCN(CC)Cc1ccccc1CNC(=O)CCBr. The molecule has 0 saturated heterocycles. The molecule has 0 saturated carbocycles. The maximum absolute atomic E-state index is 11.5. The molecule has 1 amide bonds. The molecule has 0 aliphatic carbocycles. The normalized spacial score (nSPS) is 10.7. The van der Waals surface area contributed by atoms with Crippen LogP contribution in [0.4, 0.5) is 0 Å². The largest absolute Gasteiger partial charge is 0.352 e. The van der Waals surface area contributed by atoms with Gasteiger partial charge in [-0.05, 0) is 24.2 Å². The van der Waals surface area contributed by atoms with Crippen molar-refractivity contribution in [2.75, 3.05) is 18.4 Å². The van der Waals surface area contributed by atoms with Gasteiger partial charge in [0.05, 0.1) is 0 Å². The zero-order chi connectivity index (χ0) is 14.1. The lowest BCUT2D eigenvalue weighted by Crippen LogP contribution is -2.26. The summed E-state index contributed by atoms with van der Waals surface area (Å²) in [4.78, 5) is 13.9. The minimum Gasteiger partial charge on any atom is -0.352 e. The van der Waals surface area contributed by atoms with E-state index in [1.807, 2.05) is 6.07 Å². The van der Waals surface area contributed by atoms with Crippen molar-refractivity contribution in [1.82, 2.24) is 10.2 Å². The second kappa shape index (κ2) is 9.10. The number of hydrogen-bond donors (Lipinski definition) is 1. The Bertz CT molecular complexity index is 391. The highest BCUT2D eigenvalue weighted by atomic mass is 79.9. The van der Waals surface area contributed by atoms with Crippen LogP contribution < -0.4 is 5.32 Å². The molecule has 0 unspecified atom stereocenters. The molecule has 1 aromatic carbocycles. The Kier molecular flexibility index (Phi) is 7.75. The molecule has 0 spiro atoms. The van der Waals surface area contributed by atoms with Gasteiger partial charge in [0.2, 0.25) is 5.91 Å². The fourth-order valence-electron chi connectivity index (χ4n) is 1.94. The minimum absolute atomic E-state index is 0.0921. The molecule has 1 N–H and O–H groups in total. The van der Waals surface area contributed by atoms with Crippen molar-refractivity contribution in [2.24, 2.45) is 0 Å². The number of carbonyl (C=O) groups excluding carboxylic acids is 1. The van der Waals surface area contributed by atoms with Crippen LogP contribution in [-0.2, 0) is 17.9 Å². The van der Waals surface area contributed by atoms with Gasteiger partial charge in [0, 0.05) is 24.8 Å². The second-order valence-electron chi connectivity index (χ2n) is 4.45. The number of rotatable bonds is 8. The van der Waals surface area contributed by atoms with Crippen molar-refractivity contribution in [3.05, 3.63) is 35.4 Å². The first kappa shape index (κ1) is 16.2. The summed E-state index contributed by atoms with van der Waals surface area (Å²) in [5.41, 5.74) is 2.50. The van der Waals surface area contributed by atoms with Crippen LogP contribution in [0.25, 0.3) is 0 Å². The van der Waals surface area contributed by atoms with Gasteiger partial charge in [-0.3, -0.25) is 9.69 Å². The molecule has 0 fully saturated rings. The maximum atomic E-state index is 11.5. The summed E-state index contributed by atoms with van der Waals surface area (Å²) in [7, 11) is 0. The summed E-state index contributed by atoms with van der Waals surface area (Å²) in [5.74, 6) is 0.0921. The molecule has 0 radical (unpaired) electrons. The summed E-state index contributed by atoms with van der Waals surface area (Å²) in [6.07, 6.45) is 0.526. The Morgan fingerprint density at radius 3 is 2.42 bits per heavy atom. The molecule has 19 heavy (non-hydrogen) atoms. The molecular formula is C15H23BrN2O. The van der Waals surface area contributed by atoms with Crippen LogP contribution in [0.5, 0.6) is 0 Å². The summed E-state index contributed by atoms with van der Waals surface area (Å²) in [6.45, 7) is 7.98. The second-order valence-corrected chi connectivity index (χ2v) is 5.24. The van der Waals surface area contributed by atoms with Crippen LogP contribution in [0.1, 0.15) is 31.4 Å². The number of alkyl halides is 1. The predicted octanol–water partition coefficient (Wildman–Crippen LogP) is 2.93. The third-order valence-electron chi connectivity index (χ3n) is 3.20. The van der Waals surface area contributed by atoms with Gasteiger partial charge in [-0.1, -0.05) is 54.0 Å². The molecule has 3 nitrogen and oxygen atoms in total. The van der Waals surface area contributed by atoms with Crippen LogP contribution >= 0.6 is 15.9 Å². The van der Waals surface area contributed by atoms with Crippen molar-refractivity contribution >= 4 is 21.8 Å². The quantitative estimate of drug-likeness (QED) is 0.745. The van der Waals surface area contributed by atoms with Gasteiger partial charge < -0.3 is 5.32 Å². The van der Waals surface area contributed by atoms with Gasteiger partial charge in [0.15, 0.2) is 0 Å². The van der Waals surface area contributed by atoms with Crippen LogP contribution in [0, 0.1) is 0 Å². The first-order chi connectivity index (χ1) is 9.21. The predicted molar refractivity (Wildman–Crippen MR) is 83.3 cm³/mol. The molecular weight excluding hydrogens is 304 g/mol. The van der Waals surface area contributed by atoms with E-state index in [4.69, 9.17) is 0 Å². The zero-order valence-corrected chi connectivity index (χ0v) is 13.4. The Morgan fingerprint density at radius 1 is 1.21 bits per heavy atom. The molecule has 0 aromatic heterocycles. The number of carbonyl (C=O) groups is 1. The molecule has 1 rings (SSSR count). The van der Waals surface area contributed by atoms with Gasteiger partial charge in [-0.25, -0.2) is 0 Å². The molecule has 0 aliphatic heterocycles. The standard InChI is InChI=1S/C15H23BrN2O/c1-3-18(4-2)12-14-8-6-5-7-13(14)11-17-15(19)9-10-16/h5-8H,3-4,9-12H2,1-2H3,(H,17,19). The first-order valence-electron chi connectivity index (χ1n) is 6.83. The smallest absolute Gasteiger partial charge is 0.221 e. The van der Waals surface area contributed by atoms with E-state index in [9.17, 15) is 4.79 Å². The summed E-state index contributed by atoms with van der Waals surface area (Å²) in [6, 6.07) is 8.32. The van der Waals surface area contributed by atoms with Crippen LogP contribution in [-0.4, -0.2) is 29.2 Å². The molecule has 0 atom stereocenters. The average Bonchev–Trinajstić information content (AvgIpc) is 2.44. The van der Waals surface area contributed by atoms with Crippen molar-refractivity contribution < 1.29 is 4.79 Å². The lowest BCUT2D eigenvalue weighted by Gasteiger charge is -2.20. The topological polar surface area (TPSA) is 32.3 Å². The highest BCUT2D eigenvalue weighted by molar-refractivity contribution is 9.09. The Morgan fingerprint density at radius 2 is 1.84 bits per heavy atom. The molecule has 1 aromatic rings. The summed E-state index contributed by atoms with van der Waals surface area (Å²) >= 11 is 3.27. The molecule has 0 aliphatic rings. The van der Waals surface area contributed by atoms with Crippen molar-refractivity contribution in [2.45, 2.75) is 33.4 Å². The van der Waals surface area contributed by atoms with E-state index in [1.165, 1.54) is 11.1 Å². The van der Waals surface area contributed by atoms with Crippen LogP contribution in [0.3, 0.4) is 0 Å². The Labute approximate surface area is 124 Å². The Balaban J connectivity index is 2.64. The van der Waals surface area contributed by atoms with E-state index < -0.39 is 0 Å². The Hall–Kier alpha value is -0.870. The monoisotopic (exact) mass is 326 g/mol. The van der Waals surface area contributed by atoms with E-state index >= 15 is 0 Å². The molecule has 0 heterocycles. The third-order valence-corrected chi connectivity index (χ3v) is 3.60. The highest BCUT2D eigenvalue weighted by Gasteiger charge is 2.07. The molecule has 4 heteroatoms. The van der Waals surface area contributed by atoms with Crippen molar-refractivity contribution in [1.29, 1.82) is 0 Å². The van der Waals surface area contributed by atoms with E-state index in [2.05, 4.69) is 58.2 Å². The third kappa shape index (κ3) is 5.74. The number of benzene rings is 1. The average molecular weight is 327 g/mol. The van der Waals surface area contributed by atoms with Crippen molar-refractivity contribution in [3.8, 4) is 0 Å². The number of amides is 1. The van der Waals surface area contributed by atoms with E-state index in [0.717, 1.165) is 19.6 Å². The number of halogens is 1. The number of nitrogens with one attached hydrogen (secondary N) is 1. The highest BCUT2D eigenvalue weighted by Crippen LogP contribution is 2.11. The summed E-state index contributed by atoms with van der Waals surface area (Å²) in [5, 5.41) is 3.67. The van der Waals surface area contributed by atoms with Crippen molar-refractivity contribution in [3.63, 3.8) is 0 Å². The van der Waals surface area contributed by atoms with E-state index in [-0.39, 0.29) is 5.91 Å². The van der Waals surface area contributed by atoms with E-state index in [1.54, 1.807) is 0 Å². The fraction of sp³-hybridized carbons (Fsp3) is 0.533. The van der Waals surface area contributed by atoms with E-state index in [0.29, 0.717) is 18.3 Å². The molecule has 106 valence electrons. The van der Waals surface area contributed by atoms with Gasteiger partial charge >= 0.3 is 0 Å². The lowest BCUT2D eigenvalue weighted by atomic mass is 10.1. The summed E-state index contributed by atoms with van der Waals surface area (Å²) < 4.78 is 0. The lowest BCUT2D eigenvalue weighted by molar-refractivity contribution is -0.120. The van der Waals surface area contributed by atoms with Gasteiger partial charge in [0.25, 0.3) is 0 Å². The van der Waals surface area contributed by atoms with Crippen LogP contribution in [0.15, 0.2) is 24.3 Å². The maximum Gasteiger partial charge on any atom is 0.221 e. The van der Waals surface area contributed by atoms with Crippen LogP contribution in [0.2, 0.25) is 0 Å². The minimum atomic E-state index is 0.0921. The fourth-order valence-corrected chi connectivity index (χ4v) is 2.30. The molecule has 0 bridgehead atoms.